The van der Waals surface area contributed by atoms with E-state index in [-0.39, 0.29) is 17.1 Å². The molecule has 0 unspecified atom stereocenters. The Kier molecular flexibility index (Phi) is 3.23. The topological polar surface area (TPSA) is 57.8 Å². The molecular weight excluding hydrogens is 295 g/mol. The monoisotopic (exact) mass is 309 g/mol. The number of hydrogen-bond acceptors (Lipinski definition) is 2. The molecule has 22 heavy (non-hydrogen) atoms. The van der Waals surface area contributed by atoms with Gasteiger partial charge >= 0.3 is 6.18 Å². The van der Waals surface area contributed by atoms with Crippen LogP contribution in [0.15, 0.2) is 30.3 Å². The van der Waals surface area contributed by atoms with Crippen molar-refractivity contribution >= 4 is 5.91 Å². The molecule has 0 aliphatic heterocycles. The van der Waals surface area contributed by atoms with Crippen LogP contribution in [0.1, 0.15) is 31.0 Å². The molecule has 116 valence electrons. The van der Waals surface area contributed by atoms with Crippen LogP contribution in [0.25, 0.3) is 11.3 Å². The summed E-state index contributed by atoms with van der Waals surface area (Å²) in [5.41, 5.74) is 0.603. The largest absolute Gasteiger partial charge is 0.432 e. The van der Waals surface area contributed by atoms with Crippen molar-refractivity contribution in [2.75, 3.05) is 0 Å². The van der Waals surface area contributed by atoms with Crippen molar-refractivity contribution in [3.8, 4) is 11.3 Å². The molecule has 2 aromatic rings. The van der Waals surface area contributed by atoms with E-state index in [1.807, 2.05) is 17.2 Å². The van der Waals surface area contributed by atoms with E-state index in [0.717, 1.165) is 24.5 Å². The molecule has 0 radical (unpaired) electrons. The van der Waals surface area contributed by atoms with Crippen molar-refractivity contribution < 1.29 is 18.0 Å². The van der Waals surface area contributed by atoms with Crippen LogP contribution < -0.4 is 5.32 Å². The normalized spacial score (nSPS) is 16.4. The number of hydrogen-bond donors (Lipinski definition) is 2. The van der Waals surface area contributed by atoms with E-state index in [0.29, 0.717) is 5.56 Å². The number of alkyl halides is 3. The summed E-state index contributed by atoms with van der Waals surface area (Å²) in [4.78, 5) is 11.2. The maximum atomic E-state index is 12.6. The van der Waals surface area contributed by atoms with Crippen molar-refractivity contribution in [3.05, 3.63) is 41.6 Å². The van der Waals surface area contributed by atoms with Crippen LogP contribution in [-0.4, -0.2) is 16.1 Å². The molecule has 1 aliphatic rings. The highest BCUT2D eigenvalue weighted by atomic mass is 19.4. The lowest BCUT2D eigenvalue weighted by Crippen LogP contribution is -2.32. The van der Waals surface area contributed by atoms with Gasteiger partial charge in [-0.05, 0) is 24.5 Å². The van der Waals surface area contributed by atoms with Gasteiger partial charge in [0.25, 0.3) is 0 Å². The van der Waals surface area contributed by atoms with E-state index >= 15 is 0 Å². The summed E-state index contributed by atoms with van der Waals surface area (Å²) in [5, 5.41) is 8.61. The highest BCUT2D eigenvalue weighted by molar-refractivity contribution is 5.75. The molecular formula is C15H14F3N3O. The summed E-state index contributed by atoms with van der Waals surface area (Å²) in [7, 11) is 0. The summed E-state index contributed by atoms with van der Waals surface area (Å²) in [5.74, 6) is -0.0938. The van der Waals surface area contributed by atoms with Gasteiger partial charge in [0, 0.05) is 12.5 Å². The molecule has 4 nitrogen and oxygen atoms in total. The first-order valence-electron chi connectivity index (χ1n) is 6.82. The fourth-order valence-corrected chi connectivity index (χ4v) is 2.52. The maximum Gasteiger partial charge on any atom is 0.432 e. The zero-order valence-corrected chi connectivity index (χ0v) is 11.8. The number of aromatic nitrogens is 2. The highest BCUT2D eigenvalue weighted by Crippen LogP contribution is 2.45. The van der Waals surface area contributed by atoms with Gasteiger partial charge in [-0.25, -0.2) is 0 Å². The lowest BCUT2D eigenvalue weighted by atomic mass is 10.0. The molecule has 1 aromatic carbocycles. The van der Waals surface area contributed by atoms with Crippen molar-refractivity contribution in [2.45, 2.75) is 31.5 Å². The standard InChI is InChI=1S/C15H14F3N3O/c1-9(22)19-14(6-7-14)11-4-2-10(3-5-11)12-8-13(21-20-12)15(16,17)18/h2-5,8H,6-7H2,1H3,(H,19,22)(H,20,21). The van der Waals surface area contributed by atoms with Gasteiger partial charge in [-0.2, -0.15) is 18.3 Å². The van der Waals surface area contributed by atoms with E-state index in [9.17, 15) is 18.0 Å². The molecule has 0 atom stereocenters. The fourth-order valence-electron chi connectivity index (χ4n) is 2.52. The number of carbonyl (C=O) groups is 1. The fraction of sp³-hybridized carbons (Fsp3) is 0.333. The molecule has 1 amide bonds. The van der Waals surface area contributed by atoms with Gasteiger partial charge in [-0.3, -0.25) is 9.89 Å². The minimum Gasteiger partial charge on any atom is -0.347 e. The molecule has 1 aromatic heterocycles. The van der Waals surface area contributed by atoms with Gasteiger partial charge in [0.1, 0.15) is 5.69 Å². The number of rotatable bonds is 3. The molecule has 0 bridgehead atoms. The third-order valence-corrected chi connectivity index (χ3v) is 3.78. The highest BCUT2D eigenvalue weighted by Gasteiger charge is 2.45. The molecule has 1 saturated carbocycles. The molecule has 2 N–H and O–H groups in total. The van der Waals surface area contributed by atoms with Gasteiger partial charge in [0.05, 0.1) is 11.2 Å². The number of aromatic amines is 1. The molecule has 0 saturated heterocycles. The SMILES string of the molecule is CC(=O)NC1(c2ccc(-c3cc(C(F)(F)F)[nH]n3)cc2)CC1. The van der Waals surface area contributed by atoms with Crippen molar-refractivity contribution in [1.29, 1.82) is 0 Å². The predicted octanol–water partition coefficient (Wildman–Crippen LogP) is 3.22. The number of H-pyrrole nitrogens is 1. The van der Waals surface area contributed by atoms with Crippen LogP contribution in [0.3, 0.4) is 0 Å². The third kappa shape index (κ3) is 2.70. The summed E-state index contributed by atoms with van der Waals surface area (Å²) >= 11 is 0. The predicted molar refractivity (Wildman–Crippen MR) is 73.8 cm³/mol. The smallest absolute Gasteiger partial charge is 0.347 e. The van der Waals surface area contributed by atoms with Crippen LogP contribution in [0.2, 0.25) is 0 Å². The Hall–Kier alpha value is -2.31. The summed E-state index contributed by atoms with van der Waals surface area (Å²) in [6, 6.07) is 8.05. The van der Waals surface area contributed by atoms with Crippen LogP contribution in [-0.2, 0) is 16.5 Å². The first kappa shape index (κ1) is 14.6. The molecule has 7 heteroatoms. The molecule has 1 aliphatic carbocycles. The summed E-state index contributed by atoms with van der Waals surface area (Å²) < 4.78 is 37.7. The Labute approximate surface area is 124 Å². The van der Waals surface area contributed by atoms with Crippen molar-refractivity contribution in [3.63, 3.8) is 0 Å². The first-order valence-corrected chi connectivity index (χ1v) is 6.82. The Bertz CT molecular complexity index is 700. The Morgan fingerprint density at radius 2 is 1.91 bits per heavy atom. The molecule has 3 rings (SSSR count). The Balaban J connectivity index is 1.83. The second kappa shape index (κ2) is 4.86. The van der Waals surface area contributed by atoms with Gasteiger partial charge < -0.3 is 5.32 Å². The lowest BCUT2D eigenvalue weighted by Gasteiger charge is -2.16. The second-order valence-electron chi connectivity index (χ2n) is 5.51. The minimum atomic E-state index is -4.44. The van der Waals surface area contributed by atoms with E-state index in [4.69, 9.17) is 0 Å². The Morgan fingerprint density at radius 3 is 2.36 bits per heavy atom. The number of amides is 1. The number of nitrogens with one attached hydrogen (secondary N) is 2. The molecule has 1 fully saturated rings. The first-order chi connectivity index (χ1) is 10.3. The van der Waals surface area contributed by atoms with Crippen LogP contribution in [0.4, 0.5) is 13.2 Å². The maximum absolute atomic E-state index is 12.6. The van der Waals surface area contributed by atoms with Crippen LogP contribution in [0.5, 0.6) is 0 Å². The van der Waals surface area contributed by atoms with Gasteiger partial charge in [0.15, 0.2) is 0 Å². The van der Waals surface area contributed by atoms with Crippen LogP contribution in [0, 0.1) is 0 Å². The average Bonchev–Trinajstić information content (AvgIpc) is 3.02. The second-order valence-corrected chi connectivity index (χ2v) is 5.51. The van der Waals surface area contributed by atoms with E-state index in [2.05, 4.69) is 10.4 Å². The van der Waals surface area contributed by atoms with E-state index < -0.39 is 11.9 Å². The third-order valence-electron chi connectivity index (χ3n) is 3.78. The number of halogens is 3. The van der Waals surface area contributed by atoms with Gasteiger partial charge in [0.2, 0.25) is 5.91 Å². The number of carbonyl (C=O) groups excluding carboxylic acids is 1. The van der Waals surface area contributed by atoms with Crippen molar-refractivity contribution in [2.24, 2.45) is 0 Å². The molecule has 0 spiro atoms. The van der Waals surface area contributed by atoms with E-state index in [1.165, 1.54) is 6.92 Å². The molecule has 1 heterocycles. The zero-order valence-electron chi connectivity index (χ0n) is 11.8. The summed E-state index contributed by atoms with van der Waals surface area (Å²) in [6.07, 6.45) is -2.70. The average molecular weight is 309 g/mol. The number of nitrogens with zero attached hydrogens (tertiary/aromatic N) is 1. The van der Waals surface area contributed by atoms with Crippen LogP contribution >= 0.6 is 0 Å². The van der Waals surface area contributed by atoms with Gasteiger partial charge in [-0.15, -0.1) is 0 Å². The summed E-state index contributed by atoms with van der Waals surface area (Å²) in [6.45, 7) is 1.47. The Morgan fingerprint density at radius 1 is 1.27 bits per heavy atom. The quantitative estimate of drug-likeness (QED) is 0.914. The zero-order chi connectivity index (χ0) is 16.0. The number of benzene rings is 1. The van der Waals surface area contributed by atoms with E-state index in [1.54, 1.807) is 12.1 Å². The van der Waals surface area contributed by atoms with Crippen molar-refractivity contribution in [1.82, 2.24) is 15.5 Å². The minimum absolute atomic E-state index is 0.0938. The lowest BCUT2D eigenvalue weighted by molar-refractivity contribution is -0.141. The van der Waals surface area contributed by atoms with Gasteiger partial charge in [-0.1, -0.05) is 24.3 Å².